The van der Waals surface area contributed by atoms with Crippen LogP contribution in [0.4, 0.5) is 32.0 Å². The first-order chi connectivity index (χ1) is 17.0. The number of anilines is 1. The Labute approximate surface area is 206 Å². The molecule has 1 amide bonds. The second kappa shape index (κ2) is 7.79. The molecule has 37 heavy (non-hydrogen) atoms. The molecule has 1 spiro atoms. The molecule has 4 saturated heterocycles. The maximum absolute atomic E-state index is 13.6. The Morgan fingerprint density at radius 1 is 1.27 bits per heavy atom. The monoisotopic (exact) mass is 555 g/mol. The summed E-state index contributed by atoms with van der Waals surface area (Å²) in [6, 6.07) is 2.51. The highest BCUT2D eigenvalue weighted by Crippen LogP contribution is 2.65. The van der Waals surface area contributed by atoms with Crippen molar-refractivity contribution in [1.82, 2.24) is 4.72 Å². The van der Waals surface area contributed by atoms with E-state index in [9.17, 15) is 44.7 Å². The predicted octanol–water partition coefficient (Wildman–Crippen LogP) is 1.65. The number of amides is 1. The summed E-state index contributed by atoms with van der Waals surface area (Å²) >= 11 is 0. The second-order valence-electron chi connectivity index (χ2n) is 9.72. The molecule has 4 heterocycles. The number of fused-ring (bicyclic) bond motifs is 2. The molecule has 5 rings (SSSR count). The van der Waals surface area contributed by atoms with Crippen LogP contribution in [0.1, 0.15) is 24.5 Å². The third-order valence-electron chi connectivity index (χ3n) is 7.59. The van der Waals surface area contributed by atoms with Crippen LogP contribution in [0.25, 0.3) is 0 Å². The quantitative estimate of drug-likeness (QED) is 0.541. The lowest BCUT2D eigenvalue weighted by molar-refractivity contribution is -0.145. The van der Waals surface area contributed by atoms with Gasteiger partial charge in [0.2, 0.25) is 15.9 Å². The first kappa shape index (κ1) is 26.2. The highest BCUT2D eigenvalue weighted by molar-refractivity contribution is 7.89. The minimum Gasteiger partial charge on any atom is -0.388 e. The Hall–Kier alpha value is -2.45. The summed E-state index contributed by atoms with van der Waals surface area (Å²) in [5.74, 6) is -5.19. The zero-order valence-electron chi connectivity index (χ0n) is 18.8. The molecule has 202 valence electrons. The molecule has 0 unspecified atom stereocenters. The van der Waals surface area contributed by atoms with Gasteiger partial charge in [0, 0.05) is 18.0 Å². The molecule has 0 radical (unpaired) electrons. The number of halogens is 6. The Morgan fingerprint density at radius 3 is 2.54 bits per heavy atom. The number of carbonyl (C=O) groups excluding carboxylic acids is 1. The molecular weight excluding hydrogens is 536 g/mol. The minimum atomic E-state index is -5.07. The fourth-order valence-corrected chi connectivity index (χ4v) is 7.56. The molecule has 0 saturated carbocycles. The number of carbonyl (C=O) groups is 1. The zero-order valence-corrected chi connectivity index (χ0v) is 19.6. The van der Waals surface area contributed by atoms with Crippen molar-refractivity contribution in [2.75, 3.05) is 17.3 Å². The average molecular weight is 555 g/mol. The van der Waals surface area contributed by atoms with E-state index < -0.39 is 86.6 Å². The highest BCUT2D eigenvalue weighted by Gasteiger charge is 2.81. The van der Waals surface area contributed by atoms with Gasteiger partial charge in [0.25, 0.3) is 0 Å². The number of nitrogens with zero attached hydrogens (tertiary/aromatic N) is 2. The van der Waals surface area contributed by atoms with E-state index >= 15 is 0 Å². The number of rotatable bonds is 4. The third-order valence-corrected chi connectivity index (χ3v) is 8.91. The van der Waals surface area contributed by atoms with Crippen LogP contribution in [0.2, 0.25) is 0 Å². The molecule has 4 aliphatic heterocycles. The summed E-state index contributed by atoms with van der Waals surface area (Å²) in [7, 11) is -4.99. The second-order valence-corrected chi connectivity index (χ2v) is 11.5. The number of benzene rings is 1. The van der Waals surface area contributed by atoms with Crippen LogP contribution in [0.5, 0.6) is 0 Å². The van der Waals surface area contributed by atoms with Crippen LogP contribution < -0.4 is 9.62 Å². The van der Waals surface area contributed by atoms with Crippen molar-refractivity contribution in [3.63, 3.8) is 0 Å². The molecule has 7 atom stereocenters. The van der Waals surface area contributed by atoms with Crippen molar-refractivity contribution >= 4 is 21.6 Å². The number of ether oxygens (including phenoxy) is 2. The molecule has 16 heteroatoms. The Kier molecular flexibility index (Phi) is 5.51. The fourth-order valence-electron chi connectivity index (χ4n) is 6.33. The number of nitriles is 1. The maximum atomic E-state index is 13.6. The topological polar surface area (TPSA) is 129 Å². The van der Waals surface area contributed by atoms with Gasteiger partial charge in [-0.25, -0.2) is 13.1 Å². The van der Waals surface area contributed by atoms with E-state index in [2.05, 4.69) is 0 Å². The predicted molar refractivity (Wildman–Crippen MR) is 110 cm³/mol. The maximum Gasteiger partial charge on any atom is 0.417 e. The third kappa shape index (κ3) is 3.74. The summed E-state index contributed by atoms with van der Waals surface area (Å²) in [5, 5.41) is 20.1. The molecule has 0 aromatic heterocycles. The van der Waals surface area contributed by atoms with Crippen LogP contribution in [0, 0.1) is 23.2 Å². The van der Waals surface area contributed by atoms with Crippen LogP contribution in [0.3, 0.4) is 0 Å². The van der Waals surface area contributed by atoms with Gasteiger partial charge in [-0.15, -0.1) is 0 Å². The SMILES string of the molecule is C[C@]12O[C@@]3(CCO[C@H]4[C@@H]3[C@@H]1C(=O)N4c1ccc(C#N)c(C(F)(F)F)c1)[C@H](NS(=O)(=O)CC(F)(F)F)[C@H]2O. The van der Waals surface area contributed by atoms with Crippen LogP contribution >= 0.6 is 0 Å². The first-order valence-corrected chi connectivity index (χ1v) is 12.6. The zero-order chi connectivity index (χ0) is 27.3. The molecular formula is C21H19F6N3O6S. The van der Waals surface area contributed by atoms with Crippen molar-refractivity contribution in [3.05, 3.63) is 29.3 Å². The van der Waals surface area contributed by atoms with Gasteiger partial charge in [0.15, 0.2) is 5.75 Å². The Balaban J connectivity index is 1.57. The summed E-state index contributed by atoms with van der Waals surface area (Å²) in [4.78, 5) is 14.5. The van der Waals surface area contributed by atoms with Crippen molar-refractivity contribution < 1.29 is 54.1 Å². The smallest absolute Gasteiger partial charge is 0.388 e. The van der Waals surface area contributed by atoms with Crippen LogP contribution in [-0.2, 0) is 30.5 Å². The number of alkyl halides is 6. The molecule has 0 aliphatic carbocycles. The lowest BCUT2D eigenvalue weighted by atomic mass is 9.63. The molecule has 2 bridgehead atoms. The summed E-state index contributed by atoms with van der Waals surface area (Å²) in [6.07, 6.45) is -13.1. The van der Waals surface area contributed by atoms with E-state index in [1.165, 1.54) is 13.0 Å². The number of aliphatic hydroxyl groups excluding tert-OH is 1. The highest BCUT2D eigenvalue weighted by atomic mass is 32.2. The van der Waals surface area contributed by atoms with Crippen molar-refractivity contribution in [3.8, 4) is 6.07 Å². The van der Waals surface area contributed by atoms with Crippen LogP contribution in [-0.4, -0.2) is 67.5 Å². The van der Waals surface area contributed by atoms with Gasteiger partial charge < -0.3 is 14.6 Å². The van der Waals surface area contributed by atoms with Gasteiger partial charge >= 0.3 is 12.4 Å². The van der Waals surface area contributed by atoms with Crippen molar-refractivity contribution in [1.29, 1.82) is 5.26 Å². The number of hydrogen-bond donors (Lipinski definition) is 2. The van der Waals surface area contributed by atoms with E-state index in [4.69, 9.17) is 14.7 Å². The molecule has 4 aliphatic rings. The van der Waals surface area contributed by atoms with Crippen molar-refractivity contribution in [2.24, 2.45) is 11.8 Å². The number of nitrogens with one attached hydrogen (secondary N) is 1. The van der Waals surface area contributed by atoms with Gasteiger partial charge in [-0.3, -0.25) is 9.69 Å². The van der Waals surface area contributed by atoms with E-state index in [0.29, 0.717) is 6.07 Å². The lowest BCUT2D eigenvalue weighted by Crippen LogP contribution is -2.67. The largest absolute Gasteiger partial charge is 0.417 e. The number of hydrogen-bond acceptors (Lipinski definition) is 7. The fraction of sp³-hybridized carbons (Fsp3) is 0.619. The van der Waals surface area contributed by atoms with Gasteiger partial charge in [-0.1, -0.05) is 0 Å². The molecule has 1 aromatic carbocycles. The van der Waals surface area contributed by atoms with Gasteiger partial charge in [0.05, 0.1) is 41.4 Å². The molecule has 9 nitrogen and oxygen atoms in total. The normalized spacial score (nSPS) is 37.1. The van der Waals surface area contributed by atoms with Gasteiger partial charge in [-0.2, -0.15) is 31.6 Å². The molecule has 1 aromatic rings. The number of sulfonamides is 1. The van der Waals surface area contributed by atoms with Crippen molar-refractivity contribution in [2.45, 2.75) is 55.3 Å². The Bertz CT molecular complexity index is 1310. The minimum absolute atomic E-state index is 0.0984. The van der Waals surface area contributed by atoms with E-state index in [1.807, 2.05) is 4.72 Å². The lowest BCUT2D eigenvalue weighted by Gasteiger charge is -2.46. The standard InChI is InChI=1S/C21H19F6N3O6S/c1-18-12-13-17(30(16(12)32)10-3-2-9(7-28)11(6-10)21(25,26)27)35-5-4-19(13,36-18)14(15(18)31)29-37(33,34)8-20(22,23)24/h2-3,6,12-15,17,29,31H,4-5,8H2,1H3/t12-,13+,14-,15-,17+,18+,19-/m1/s1. The molecule has 4 fully saturated rings. The summed E-state index contributed by atoms with van der Waals surface area (Å²) in [5.41, 5.74) is -5.64. The van der Waals surface area contributed by atoms with E-state index in [1.54, 1.807) is 0 Å². The summed E-state index contributed by atoms with van der Waals surface area (Å²) < 4.78 is 117. The number of aliphatic hydroxyl groups is 1. The average Bonchev–Trinajstić information content (AvgIpc) is 3.29. The van der Waals surface area contributed by atoms with Crippen LogP contribution in [0.15, 0.2) is 18.2 Å². The Morgan fingerprint density at radius 2 is 1.95 bits per heavy atom. The van der Waals surface area contributed by atoms with E-state index in [-0.39, 0.29) is 18.7 Å². The van der Waals surface area contributed by atoms with Gasteiger partial charge in [-0.05, 0) is 25.1 Å². The molecule has 2 N–H and O–H groups in total. The first-order valence-electron chi connectivity index (χ1n) is 11.0. The van der Waals surface area contributed by atoms with Gasteiger partial charge in [0.1, 0.15) is 17.9 Å². The van der Waals surface area contributed by atoms with E-state index in [0.717, 1.165) is 17.0 Å². The summed E-state index contributed by atoms with van der Waals surface area (Å²) in [6.45, 7) is 1.11.